The van der Waals surface area contributed by atoms with E-state index in [-0.39, 0.29) is 0 Å². The zero-order valence-electron chi connectivity index (χ0n) is 8.06. The summed E-state index contributed by atoms with van der Waals surface area (Å²) in [7, 11) is 2.10. The summed E-state index contributed by atoms with van der Waals surface area (Å²) in [6.07, 6.45) is 2.36. The zero-order chi connectivity index (χ0) is 10.1. The molecule has 2 heterocycles. The fourth-order valence-corrected chi connectivity index (χ4v) is 2.96. The number of carboxylic acid groups (broad SMARTS) is 1. The lowest BCUT2D eigenvalue weighted by molar-refractivity contribution is 0.0702. The molecule has 0 amide bonds. The van der Waals surface area contributed by atoms with Crippen LogP contribution < -0.4 is 0 Å². The van der Waals surface area contributed by atoms with Crippen LogP contribution in [0.2, 0.25) is 0 Å². The number of aromatic carboxylic acids is 1. The van der Waals surface area contributed by atoms with Crippen molar-refractivity contribution in [2.45, 2.75) is 18.9 Å². The molecule has 1 aliphatic rings. The highest BCUT2D eigenvalue weighted by molar-refractivity contribution is 7.14. The first-order valence-corrected chi connectivity index (χ1v) is 5.53. The largest absolute Gasteiger partial charge is 0.477 e. The van der Waals surface area contributed by atoms with E-state index in [9.17, 15) is 4.79 Å². The maximum absolute atomic E-state index is 10.7. The third-order valence-corrected chi connectivity index (χ3v) is 3.86. The van der Waals surface area contributed by atoms with Crippen LogP contribution in [0.5, 0.6) is 0 Å². The number of carbonyl (C=O) groups is 1. The Morgan fingerprint density at radius 1 is 1.64 bits per heavy atom. The van der Waals surface area contributed by atoms with Crippen molar-refractivity contribution in [2.24, 2.45) is 0 Å². The molecule has 1 atom stereocenters. The quantitative estimate of drug-likeness (QED) is 0.815. The van der Waals surface area contributed by atoms with Crippen molar-refractivity contribution >= 4 is 17.3 Å². The molecule has 1 aliphatic heterocycles. The van der Waals surface area contributed by atoms with Crippen molar-refractivity contribution in [2.75, 3.05) is 13.6 Å². The minimum absolute atomic E-state index is 0.438. The maximum atomic E-state index is 10.7. The third kappa shape index (κ3) is 1.67. The van der Waals surface area contributed by atoms with Crippen molar-refractivity contribution < 1.29 is 9.90 Å². The Labute approximate surface area is 87.0 Å². The molecule has 1 aromatic heterocycles. The summed E-state index contributed by atoms with van der Waals surface area (Å²) in [6.45, 7) is 1.12. The highest BCUT2D eigenvalue weighted by Crippen LogP contribution is 2.34. The van der Waals surface area contributed by atoms with E-state index in [1.807, 2.05) is 6.07 Å². The van der Waals surface area contributed by atoms with E-state index in [1.54, 1.807) is 6.07 Å². The molecule has 76 valence electrons. The van der Waals surface area contributed by atoms with Crippen molar-refractivity contribution in [3.8, 4) is 0 Å². The Morgan fingerprint density at radius 2 is 2.43 bits per heavy atom. The molecule has 1 unspecified atom stereocenters. The lowest BCUT2D eigenvalue weighted by atomic mass is 10.2. The van der Waals surface area contributed by atoms with E-state index >= 15 is 0 Å². The van der Waals surface area contributed by atoms with Crippen LogP contribution in [-0.4, -0.2) is 29.6 Å². The molecule has 4 heteroatoms. The first kappa shape index (κ1) is 9.68. The molecule has 3 nitrogen and oxygen atoms in total. The van der Waals surface area contributed by atoms with Gasteiger partial charge in [0.1, 0.15) is 4.88 Å². The Hall–Kier alpha value is -0.870. The van der Waals surface area contributed by atoms with Gasteiger partial charge in [0, 0.05) is 10.9 Å². The molecule has 0 saturated carbocycles. The van der Waals surface area contributed by atoms with Crippen LogP contribution in [0.3, 0.4) is 0 Å². The van der Waals surface area contributed by atoms with Crippen LogP contribution in [0.15, 0.2) is 12.1 Å². The van der Waals surface area contributed by atoms with Crippen LogP contribution in [0.1, 0.15) is 33.4 Å². The van der Waals surface area contributed by atoms with Crippen LogP contribution >= 0.6 is 11.3 Å². The van der Waals surface area contributed by atoms with E-state index in [0.717, 1.165) is 13.0 Å². The molecule has 0 spiro atoms. The van der Waals surface area contributed by atoms with E-state index in [0.29, 0.717) is 10.9 Å². The summed E-state index contributed by atoms with van der Waals surface area (Å²) in [5, 5.41) is 8.80. The fraction of sp³-hybridized carbons (Fsp3) is 0.500. The minimum atomic E-state index is -0.818. The number of thiophene rings is 1. The highest BCUT2D eigenvalue weighted by Gasteiger charge is 2.24. The molecular weight excluding hydrogens is 198 g/mol. The van der Waals surface area contributed by atoms with Crippen LogP contribution in [0.25, 0.3) is 0 Å². The fourth-order valence-electron chi connectivity index (χ4n) is 1.92. The Morgan fingerprint density at radius 3 is 2.93 bits per heavy atom. The van der Waals surface area contributed by atoms with Gasteiger partial charge < -0.3 is 5.11 Å². The number of rotatable bonds is 2. The van der Waals surface area contributed by atoms with Crippen molar-refractivity contribution in [1.29, 1.82) is 0 Å². The molecule has 1 saturated heterocycles. The SMILES string of the molecule is CN1CCCC1c1ccc(C(=O)O)s1. The first-order chi connectivity index (χ1) is 6.68. The Balaban J connectivity index is 2.20. The maximum Gasteiger partial charge on any atom is 0.345 e. The molecule has 1 aromatic rings. The molecule has 0 bridgehead atoms. The van der Waals surface area contributed by atoms with Gasteiger partial charge in [-0.1, -0.05) is 0 Å². The number of nitrogens with zero attached hydrogens (tertiary/aromatic N) is 1. The van der Waals surface area contributed by atoms with Gasteiger partial charge in [0.05, 0.1) is 0 Å². The second-order valence-corrected chi connectivity index (χ2v) is 4.76. The number of likely N-dealkylation sites (tertiary alicyclic amines) is 1. The van der Waals surface area contributed by atoms with Crippen molar-refractivity contribution in [3.05, 3.63) is 21.9 Å². The van der Waals surface area contributed by atoms with Crippen molar-refractivity contribution in [1.82, 2.24) is 4.90 Å². The van der Waals surface area contributed by atoms with Gasteiger partial charge in [-0.25, -0.2) is 4.79 Å². The van der Waals surface area contributed by atoms with E-state index < -0.39 is 5.97 Å². The number of hydrogen-bond donors (Lipinski definition) is 1. The standard InChI is InChI=1S/C10H13NO2S/c1-11-6-2-3-7(11)8-4-5-9(14-8)10(12)13/h4-5,7H,2-3,6H2,1H3,(H,12,13). The average Bonchev–Trinajstić information content (AvgIpc) is 2.71. The zero-order valence-corrected chi connectivity index (χ0v) is 8.88. The minimum Gasteiger partial charge on any atom is -0.477 e. The number of carboxylic acids is 1. The normalized spacial score (nSPS) is 22.8. The van der Waals surface area contributed by atoms with Gasteiger partial charge >= 0.3 is 5.97 Å². The molecule has 2 rings (SSSR count). The smallest absolute Gasteiger partial charge is 0.345 e. The summed E-state index contributed by atoms with van der Waals surface area (Å²) in [4.78, 5) is 14.6. The van der Waals surface area contributed by atoms with Gasteiger partial charge in [-0.05, 0) is 38.6 Å². The third-order valence-electron chi connectivity index (χ3n) is 2.69. The Bertz CT molecular complexity index is 348. The molecule has 1 fully saturated rings. The van der Waals surface area contributed by atoms with Gasteiger partial charge in [-0.2, -0.15) is 0 Å². The second-order valence-electron chi connectivity index (χ2n) is 3.65. The first-order valence-electron chi connectivity index (χ1n) is 4.72. The summed E-state index contributed by atoms with van der Waals surface area (Å²) < 4.78 is 0. The predicted molar refractivity (Wildman–Crippen MR) is 55.9 cm³/mol. The summed E-state index contributed by atoms with van der Waals surface area (Å²) in [5.41, 5.74) is 0. The average molecular weight is 211 g/mol. The van der Waals surface area contributed by atoms with E-state index in [4.69, 9.17) is 5.11 Å². The summed E-state index contributed by atoms with van der Waals surface area (Å²) in [5.74, 6) is -0.818. The van der Waals surface area contributed by atoms with E-state index in [2.05, 4.69) is 11.9 Å². The molecule has 0 radical (unpaired) electrons. The van der Waals surface area contributed by atoms with Gasteiger partial charge in [0.15, 0.2) is 0 Å². The monoisotopic (exact) mass is 211 g/mol. The van der Waals surface area contributed by atoms with Crippen LogP contribution in [0.4, 0.5) is 0 Å². The molecule has 14 heavy (non-hydrogen) atoms. The lowest BCUT2D eigenvalue weighted by Gasteiger charge is -2.17. The van der Waals surface area contributed by atoms with E-state index in [1.165, 1.54) is 22.6 Å². The number of hydrogen-bond acceptors (Lipinski definition) is 3. The Kier molecular flexibility index (Phi) is 2.56. The highest BCUT2D eigenvalue weighted by atomic mass is 32.1. The molecule has 0 aliphatic carbocycles. The predicted octanol–water partition coefficient (Wildman–Crippen LogP) is 2.21. The molecule has 1 N–H and O–H groups in total. The summed E-state index contributed by atoms with van der Waals surface area (Å²) in [6, 6.07) is 4.09. The van der Waals surface area contributed by atoms with Crippen LogP contribution in [0, 0.1) is 0 Å². The molecule has 0 aromatic carbocycles. The molecular formula is C10H13NO2S. The van der Waals surface area contributed by atoms with Gasteiger partial charge in [-0.15, -0.1) is 11.3 Å². The second kappa shape index (κ2) is 3.71. The lowest BCUT2D eigenvalue weighted by Crippen LogP contribution is -2.16. The van der Waals surface area contributed by atoms with Gasteiger partial charge in [0.2, 0.25) is 0 Å². The van der Waals surface area contributed by atoms with Crippen LogP contribution in [-0.2, 0) is 0 Å². The van der Waals surface area contributed by atoms with Crippen molar-refractivity contribution in [3.63, 3.8) is 0 Å². The van der Waals surface area contributed by atoms with Gasteiger partial charge in [0.25, 0.3) is 0 Å². The summed E-state index contributed by atoms with van der Waals surface area (Å²) >= 11 is 1.40. The topological polar surface area (TPSA) is 40.5 Å². The van der Waals surface area contributed by atoms with Gasteiger partial charge in [-0.3, -0.25) is 4.90 Å².